The summed E-state index contributed by atoms with van der Waals surface area (Å²) in [7, 11) is 0. The lowest BCUT2D eigenvalue weighted by Crippen LogP contribution is -2.38. The highest BCUT2D eigenvalue weighted by Crippen LogP contribution is 2.62. The number of thiophene rings is 1. The molecule has 0 fully saturated rings. The van der Waals surface area contributed by atoms with Crippen LogP contribution in [0.4, 0.5) is 34.1 Å². The van der Waals surface area contributed by atoms with Crippen molar-refractivity contribution in [3.8, 4) is 55.6 Å². The highest BCUT2D eigenvalue weighted by Gasteiger charge is 2.46. The monoisotopic (exact) mass is 1080 g/mol. The fourth-order valence-electron chi connectivity index (χ4n) is 14.0. The molecule has 83 heavy (non-hydrogen) atoms. The summed E-state index contributed by atoms with van der Waals surface area (Å²) in [6.07, 6.45) is 0. The predicted octanol–water partition coefficient (Wildman–Crippen LogP) is 22.9. The smallest absolute Gasteiger partial charge is 0.0640 e. The van der Waals surface area contributed by atoms with Crippen molar-refractivity contribution in [2.75, 3.05) is 9.80 Å². The summed E-state index contributed by atoms with van der Waals surface area (Å²) in [5, 5.41) is 7.43. The first kappa shape index (κ1) is 49.1. The van der Waals surface area contributed by atoms with Crippen molar-refractivity contribution in [2.45, 2.75) is 38.5 Å². The van der Waals surface area contributed by atoms with Gasteiger partial charge in [0, 0.05) is 37.4 Å². The molecule has 3 heteroatoms. The van der Waals surface area contributed by atoms with Crippen LogP contribution in [0, 0.1) is 0 Å². The second-order valence-corrected chi connectivity index (χ2v) is 24.6. The summed E-state index contributed by atoms with van der Waals surface area (Å²) in [6, 6.07) is 104. The van der Waals surface area contributed by atoms with E-state index >= 15 is 0 Å². The molecule has 2 aliphatic heterocycles. The molecule has 13 aromatic carbocycles. The van der Waals surface area contributed by atoms with Crippen LogP contribution in [0.3, 0.4) is 0 Å². The van der Waals surface area contributed by atoms with Gasteiger partial charge < -0.3 is 9.80 Å². The van der Waals surface area contributed by atoms with Gasteiger partial charge in [-0.3, -0.25) is 0 Å². The van der Waals surface area contributed by atoms with Crippen LogP contribution in [0.15, 0.2) is 279 Å². The van der Waals surface area contributed by atoms with Gasteiger partial charge in [-0.1, -0.05) is 240 Å². The first-order valence-electron chi connectivity index (χ1n) is 29.0. The van der Waals surface area contributed by atoms with E-state index in [0.717, 1.165) is 11.4 Å². The Labute approximate surface area is 489 Å². The second-order valence-electron chi connectivity index (χ2n) is 23.6. The van der Waals surface area contributed by atoms with Crippen molar-refractivity contribution in [3.63, 3.8) is 0 Å². The Morgan fingerprint density at radius 2 is 0.723 bits per heavy atom. The van der Waals surface area contributed by atoms with Crippen molar-refractivity contribution < 1.29 is 0 Å². The lowest BCUT2D eigenvalue weighted by atomic mass is 9.65. The van der Waals surface area contributed by atoms with E-state index in [9.17, 15) is 0 Å². The first-order valence-corrected chi connectivity index (χ1v) is 29.8. The Morgan fingerprint density at radius 1 is 0.301 bits per heavy atom. The van der Waals surface area contributed by atoms with Gasteiger partial charge in [-0.05, 0) is 161 Å². The summed E-state index contributed by atoms with van der Waals surface area (Å²) >= 11 is 1.87. The Bertz CT molecular complexity index is 4770. The van der Waals surface area contributed by atoms with Crippen molar-refractivity contribution in [1.29, 1.82) is 0 Å². The van der Waals surface area contributed by atoms with Gasteiger partial charge in [0.25, 0.3) is 0 Å². The van der Waals surface area contributed by atoms with E-state index in [-0.39, 0.29) is 10.8 Å². The highest BCUT2D eigenvalue weighted by molar-refractivity contribution is 7.26. The summed E-state index contributed by atoms with van der Waals surface area (Å²) in [6.45, 7) is 9.77. The van der Waals surface area contributed by atoms with Crippen molar-refractivity contribution in [1.82, 2.24) is 0 Å². The summed E-state index contributed by atoms with van der Waals surface area (Å²) in [5.41, 5.74) is 24.1. The Morgan fingerprint density at radius 3 is 1.30 bits per heavy atom. The molecule has 0 N–H and O–H groups in total. The minimum absolute atomic E-state index is 0.328. The van der Waals surface area contributed by atoms with Gasteiger partial charge in [0.2, 0.25) is 0 Å². The van der Waals surface area contributed by atoms with E-state index in [1.807, 2.05) is 11.3 Å². The van der Waals surface area contributed by atoms with Gasteiger partial charge >= 0.3 is 0 Å². The molecule has 0 aliphatic carbocycles. The van der Waals surface area contributed by atoms with E-state index < -0.39 is 0 Å². The van der Waals surface area contributed by atoms with Gasteiger partial charge in [-0.25, -0.2) is 0 Å². The topological polar surface area (TPSA) is 6.48 Å². The van der Waals surface area contributed by atoms with Crippen LogP contribution in [-0.2, 0) is 10.8 Å². The number of anilines is 6. The number of hydrogen-bond acceptors (Lipinski definition) is 3. The molecule has 0 radical (unpaired) electrons. The maximum absolute atomic E-state index is 2.60. The SMILES string of the molecule is CC1(C)c2cc(-c3ccccc3)ccc2N2c3ccc(-c4ccccc4)cc3C(C)(C)c3cc(-c4ccc(-c5ccc(N(c6ccc(-c7ccccc7)cc6)c6cccc7c6sc6ccccc67)c6ccccc56)c5ccccc45)cc1c32. The molecule has 3 heterocycles. The fourth-order valence-corrected chi connectivity index (χ4v) is 15.2. The summed E-state index contributed by atoms with van der Waals surface area (Å²) in [4.78, 5) is 5.09. The maximum Gasteiger partial charge on any atom is 0.0640 e. The molecule has 2 nitrogen and oxygen atoms in total. The Kier molecular flexibility index (Phi) is 11.2. The van der Waals surface area contributed by atoms with Crippen LogP contribution >= 0.6 is 11.3 Å². The fraction of sp³-hybridized carbons (Fsp3) is 0.0750. The lowest BCUT2D eigenvalue weighted by molar-refractivity contribution is 0.598. The molecule has 14 aromatic rings. The van der Waals surface area contributed by atoms with Gasteiger partial charge in [-0.15, -0.1) is 11.3 Å². The third kappa shape index (κ3) is 7.68. The molecular weight excluding hydrogens is 1020 g/mol. The molecule has 0 spiro atoms. The van der Waals surface area contributed by atoms with Crippen molar-refractivity contribution in [2.24, 2.45) is 0 Å². The minimum Gasteiger partial charge on any atom is -0.309 e. The molecule has 394 valence electrons. The van der Waals surface area contributed by atoms with E-state index in [1.165, 1.54) is 142 Å². The van der Waals surface area contributed by atoms with Crippen LogP contribution in [0.1, 0.15) is 49.9 Å². The third-order valence-corrected chi connectivity index (χ3v) is 19.4. The lowest BCUT2D eigenvalue weighted by Gasteiger charge is -2.50. The zero-order chi connectivity index (χ0) is 55.6. The van der Waals surface area contributed by atoms with Crippen molar-refractivity contribution >= 4 is 87.2 Å². The van der Waals surface area contributed by atoms with Gasteiger partial charge in [0.05, 0.1) is 33.1 Å². The number of benzene rings is 13. The van der Waals surface area contributed by atoms with E-state index in [0.29, 0.717) is 0 Å². The van der Waals surface area contributed by atoms with Gasteiger partial charge in [0.1, 0.15) is 0 Å². The maximum atomic E-state index is 2.60. The second kappa shape index (κ2) is 18.9. The van der Waals surface area contributed by atoms with Gasteiger partial charge in [0.15, 0.2) is 0 Å². The number of nitrogens with zero attached hydrogens (tertiary/aromatic N) is 2. The molecule has 0 atom stereocenters. The summed E-state index contributed by atoms with van der Waals surface area (Å²) in [5.74, 6) is 0. The molecule has 0 saturated heterocycles. The Hall–Kier alpha value is -9.80. The van der Waals surface area contributed by atoms with Crippen LogP contribution in [0.5, 0.6) is 0 Å². The largest absolute Gasteiger partial charge is 0.309 e. The predicted molar refractivity (Wildman–Crippen MR) is 355 cm³/mol. The van der Waals surface area contributed by atoms with Crippen LogP contribution in [0.2, 0.25) is 0 Å². The van der Waals surface area contributed by atoms with Gasteiger partial charge in [-0.2, -0.15) is 0 Å². The van der Waals surface area contributed by atoms with E-state index in [4.69, 9.17) is 0 Å². The van der Waals surface area contributed by atoms with Crippen LogP contribution in [-0.4, -0.2) is 0 Å². The summed E-state index contributed by atoms with van der Waals surface area (Å²) < 4.78 is 2.56. The number of rotatable bonds is 8. The van der Waals surface area contributed by atoms with E-state index in [1.54, 1.807) is 0 Å². The number of hydrogen-bond donors (Lipinski definition) is 0. The average molecular weight is 1080 g/mol. The zero-order valence-electron chi connectivity index (χ0n) is 46.9. The molecule has 0 amide bonds. The zero-order valence-corrected chi connectivity index (χ0v) is 47.7. The molecule has 2 aliphatic rings. The Balaban J connectivity index is 0.873. The van der Waals surface area contributed by atoms with E-state index in [2.05, 4.69) is 317 Å². The van der Waals surface area contributed by atoms with Crippen LogP contribution < -0.4 is 9.80 Å². The third-order valence-electron chi connectivity index (χ3n) is 18.2. The quantitative estimate of drug-likeness (QED) is 0.150. The minimum atomic E-state index is -0.328. The molecule has 0 saturated carbocycles. The number of fused-ring (bicyclic) bond motifs is 9. The first-order chi connectivity index (χ1) is 40.7. The molecule has 0 bridgehead atoms. The highest BCUT2D eigenvalue weighted by atomic mass is 32.1. The average Bonchev–Trinajstić information content (AvgIpc) is 2.60. The standard InChI is InChI=1S/C80H58N2S/c1-79(2)68-47-55(52-23-10-6-11-24-52)37-44-73(68)82-74-45-38-56(53-25-12-7-13-26-53)48-69(74)80(3,4)71-50-57(49-70(79)77(71)82)59-41-42-63(61-28-15-14-27-60(59)61)64-43-46-72(65-30-17-16-29-62(64)65)81(58-39-35-54(36-40-58)51-21-8-5-9-22-51)75-33-20-32-67-66-31-18-19-34-76(66)83-78(67)75/h5-50H,1-4H3. The molecule has 16 rings (SSSR count). The normalized spacial score (nSPS) is 13.7. The van der Waals surface area contributed by atoms with Crippen LogP contribution in [0.25, 0.3) is 97.4 Å². The molecule has 1 aromatic heterocycles. The van der Waals surface area contributed by atoms with Crippen molar-refractivity contribution in [3.05, 3.63) is 301 Å². The molecule has 0 unspecified atom stereocenters. The molecular formula is C80H58N2S.